The summed E-state index contributed by atoms with van der Waals surface area (Å²) in [6.07, 6.45) is 1.60. The maximum Gasteiger partial charge on any atom is 0.341 e. The molecule has 0 fully saturated rings. The standard InChI is InChI=1S/C21H23N5O4S2/c1-4-26-12-22-25-21(26)31-11-15(27)24-19-16(20(29)30-5-2)13(3)17(32-19)18(28)23-14-9-7-6-8-10-14/h6-10,12H,4-5,11H2,1-3H3,(H,23,28)(H,24,27). The van der Waals surface area contributed by atoms with Crippen molar-refractivity contribution >= 4 is 51.6 Å². The molecule has 1 aromatic carbocycles. The van der Waals surface area contributed by atoms with E-state index in [-0.39, 0.29) is 34.7 Å². The summed E-state index contributed by atoms with van der Waals surface area (Å²) >= 11 is 2.28. The van der Waals surface area contributed by atoms with Crippen LogP contribution in [-0.2, 0) is 16.1 Å². The quantitative estimate of drug-likeness (QED) is 0.358. The topological polar surface area (TPSA) is 115 Å². The summed E-state index contributed by atoms with van der Waals surface area (Å²) in [6, 6.07) is 9.00. The first-order valence-electron chi connectivity index (χ1n) is 9.91. The van der Waals surface area contributed by atoms with E-state index in [1.807, 2.05) is 29.7 Å². The van der Waals surface area contributed by atoms with Crippen LogP contribution in [0.25, 0.3) is 0 Å². The largest absolute Gasteiger partial charge is 0.462 e. The normalized spacial score (nSPS) is 10.6. The van der Waals surface area contributed by atoms with Crippen LogP contribution in [0.3, 0.4) is 0 Å². The van der Waals surface area contributed by atoms with Gasteiger partial charge in [0.15, 0.2) is 5.16 Å². The second-order valence-corrected chi connectivity index (χ2v) is 8.50. The van der Waals surface area contributed by atoms with Gasteiger partial charge in [-0.3, -0.25) is 9.59 Å². The molecule has 0 saturated heterocycles. The van der Waals surface area contributed by atoms with Crippen LogP contribution in [0.1, 0.15) is 39.4 Å². The van der Waals surface area contributed by atoms with Gasteiger partial charge in [0.2, 0.25) is 5.91 Å². The highest BCUT2D eigenvalue weighted by Gasteiger charge is 2.27. The number of amides is 2. The van der Waals surface area contributed by atoms with Gasteiger partial charge in [0.1, 0.15) is 11.3 Å². The summed E-state index contributed by atoms with van der Waals surface area (Å²) in [7, 11) is 0. The Kier molecular flexibility index (Phi) is 8.01. The Labute approximate surface area is 193 Å². The van der Waals surface area contributed by atoms with Gasteiger partial charge in [-0.25, -0.2) is 4.79 Å². The summed E-state index contributed by atoms with van der Waals surface area (Å²) in [5, 5.41) is 14.3. The predicted octanol–water partition coefficient (Wildman–Crippen LogP) is 3.83. The highest BCUT2D eigenvalue weighted by atomic mass is 32.2. The van der Waals surface area contributed by atoms with Gasteiger partial charge in [-0.1, -0.05) is 30.0 Å². The van der Waals surface area contributed by atoms with Crippen LogP contribution in [-0.4, -0.2) is 44.9 Å². The number of aryl methyl sites for hydroxylation is 1. The number of nitrogens with zero attached hydrogens (tertiary/aromatic N) is 3. The molecule has 2 N–H and O–H groups in total. The molecular weight excluding hydrogens is 450 g/mol. The number of ether oxygens (including phenoxy) is 1. The highest BCUT2D eigenvalue weighted by Crippen LogP contribution is 2.34. The number of carbonyl (C=O) groups is 3. The van der Waals surface area contributed by atoms with Gasteiger partial charge in [-0.05, 0) is 38.5 Å². The van der Waals surface area contributed by atoms with E-state index in [9.17, 15) is 14.4 Å². The third kappa shape index (κ3) is 5.54. The smallest absolute Gasteiger partial charge is 0.341 e. The number of thiophene rings is 1. The molecule has 0 bridgehead atoms. The Balaban J connectivity index is 1.80. The van der Waals surface area contributed by atoms with E-state index in [0.29, 0.717) is 27.8 Å². The lowest BCUT2D eigenvalue weighted by Crippen LogP contribution is -2.17. The SMILES string of the molecule is CCOC(=O)c1c(NC(=O)CSc2nncn2CC)sc(C(=O)Nc2ccccc2)c1C. The summed E-state index contributed by atoms with van der Waals surface area (Å²) < 4.78 is 6.97. The van der Waals surface area contributed by atoms with Crippen LogP contribution in [0.4, 0.5) is 10.7 Å². The summed E-state index contributed by atoms with van der Waals surface area (Å²) in [5.41, 5.74) is 1.27. The summed E-state index contributed by atoms with van der Waals surface area (Å²) in [6.45, 7) is 6.18. The van der Waals surface area contributed by atoms with E-state index in [0.717, 1.165) is 11.3 Å². The van der Waals surface area contributed by atoms with Crippen LogP contribution in [0.5, 0.6) is 0 Å². The molecule has 11 heteroatoms. The molecule has 168 valence electrons. The Bertz CT molecular complexity index is 1110. The van der Waals surface area contributed by atoms with Gasteiger partial charge in [0, 0.05) is 12.2 Å². The van der Waals surface area contributed by atoms with Gasteiger partial charge < -0.3 is 19.9 Å². The first-order valence-corrected chi connectivity index (χ1v) is 11.7. The van der Waals surface area contributed by atoms with E-state index < -0.39 is 5.97 Å². The number of nitrogens with one attached hydrogen (secondary N) is 2. The lowest BCUT2D eigenvalue weighted by Gasteiger charge is -2.07. The third-order valence-corrected chi connectivity index (χ3v) is 6.56. The van der Waals surface area contributed by atoms with Crippen molar-refractivity contribution in [2.24, 2.45) is 0 Å². The second kappa shape index (κ2) is 10.9. The Hall–Kier alpha value is -3.18. The Morgan fingerprint density at radius 1 is 1.16 bits per heavy atom. The lowest BCUT2D eigenvalue weighted by atomic mass is 10.1. The Morgan fingerprint density at radius 2 is 1.91 bits per heavy atom. The zero-order valence-electron chi connectivity index (χ0n) is 17.9. The van der Waals surface area contributed by atoms with Crippen LogP contribution < -0.4 is 10.6 Å². The number of hydrogen-bond donors (Lipinski definition) is 2. The molecule has 2 heterocycles. The molecule has 0 unspecified atom stereocenters. The molecule has 32 heavy (non-hydrogen) atoms. The van der Waals surface area contributed by atoms with Crippen LogP contribution in [0.2, 0.25) is 0 Å². The summed E-state index contributed by atoms with van der Waals surface area (Å²) in [4.78, 5) is 38.3. The number of carbonyl (C=O) groups excluding carboxylic acids is 3. The molecule has 0 radical (unpaired) electrons. The number of hydrogen-bond acceptors (Lipinski definition) is 8. The van der Waals surface area contributed by atoms with Crippen molar-refractivity contribution in [1.29, 1.82) is 0 Å². The molecule has 9 nitrogen and oxygen atoms in total. The number of aromatic nitrogens is 3. The molecular formula is C21H23N5O4S2. The maximum atomic E-state index is 12.8. The predicted molar refractivity (Wildman–Crippen MR) is 124 cm³/mol. The van der Waals surface area contributed by atoms with Gasteiger partial charge in [0.25, 0.3) is 5.91 Å². The molecule has 0 atom stereocenters. The average molecular weight is 474 g/mol. The second-order valence-electron chi connectivity index (χ2n) is 6.54. The van der Waals surface area contributed by atoms with Crippen molar-refractivity contribution < 1.29 is 19.1 Å². The van der Waals surface area contributed by atoms with Gasteiger partial charge in [-0.2, -0.15) is 0 Å². The van der Waals surface area contributed by atoms with Gasteiger partial charge in [0.05, 0.1) is 22.8 Å². The molecule has 0 saturated carbocycles. The molecule has 2 amide bonds. The van der Waals surface area contributed by atoms with E-state index in [4.69, 9.17) is 4.74 Å². The molecule has 0 aliphatic heterocycles. The number of rotatable bonds is 9. The van der Waals surface area contributed by atoms with Crippen molar-refractivity contribution in [3.63, 3.8) is 0 Å². The van der Waals surface area contributed by atoms with E-state index in [1.165, 1.54) is 11.8 Å². The van der Waals surface area contributed by atoms with Crippen molar-refractivity contribution in [2.45, 2.75) is 32.5 Å². The molecule has 3 rings (SSSR count). The van der Waals surface area contributed by atoms with Gasteiger partial charge in [-0.15, -0.1) is 21.5 Å². The van der Waals surface area contributed by atoms with Gasteiger partial charge >= 0.3 is 5.97 Å². The zero-order valence-corrected chi connectivity index (χ0v) is 19.5. The third-order valence-electron chi connectivity index (χ3n) is 4.37. The van der Waals surface area contributed by atoms with E-state index in [2.05, 4.69) is 20.8 Å². The first-order chi connectivity index (χ1) is 15.4. The minimum Gasteiger partial charge on any atom is -0.462 e. The fraction of sp³-hybridized carbons (Fsp3) is 0.286. The highest BCUT2D eigenvalue weighted by molar-refractivity contribution is 7.99. The zero-order chi connectivity index (χ0) is 23.1. The van der Waals surface area contributed by atoms with E-state index in [1.54, 1.807) is 32.3 Å². The number of esters is 1. The molecule has 0 aliphatic carbocycles. The molecule has 2 aromatic heterocycles. The molecule has 0 aliphatic rings. The van der Waals surface area contributed by atoms with Crippen LogP contribution >= 0.6 is 23.1 Å². The average Bonchev–Trinajstić information content (AvgIpc) is 3.36. The van der Waals surface area contributed by atoms with Crippen molar-refractivity contribution in [3.05, 3.63) is 52.7 Å². The monoisotopic (exact) mass is 473 g/mol. The molecule has 0 spiro atoms. The van der Waals surface area contributed by atoms with Crippen LogP contribution in [0, 0.1) is 6.92 Å². The fourth-order valence-corrected chi connectivity index (χ4v) is 4.73. The minimum atomic E-state index is -0.589. The fourth-order valence-electron chi connectivity index (χ4n) is 2.84. The maximum absolute atomic E-state index is 12.8. The lowest BCUT2D eigenvalue weighted by molar-refractivity contribution is -0.113. The van der Waals surface area contributed by atoms with Crippen LogP contribution in [0.15, 0.2) is 41.8 Å². The minimum absolute atomic E-state index is 0.0729. The number of anilines is 2. The Morgan fingerprint density at radius 3 is 2.59 bits per heavy atom. The molecule has 3 aromatic rings. The number of thioether (sulfide) groups is 1. The van der Waals surface area contributed by atoms with Crippen molar-refractivity contribution in [3.8, 4) is 0 Å². The van der Waals surface area contributed by atoms with Crippen molar-refractivity contribution in [2.75, 3.05) is 23.0 Å². The number of benzene rings is 1. The first kappa shape index (κ1) is 23.5. The van der Waals surface area contributed by atoms with Crippen molar-refractivity contribution in [1.82, 2.24) is 14.8 Å². The van der Waals surface area contributed by atoms with E-state index >= 15 is 0 Å². The number of para-hydroxylation sites is 1. The summed E-state index contributed by atoms with van der Waals surface area (Å²) in [5.74, 6) is -1.21.